The third-order valence-corrected chi connectivity index (χ3v) is 4.14. The molecule has 4 heteroatoms. The van der Waals surface area contributed by atoms with E-state index in [0.29, 0.717) is 24.1 Å². The van der Waals surface area contributed by atoms with Crippen LogP contribution in [-0.2, 0) is 6.54 Å². The summed E-state index contributed by atoms with van der Waals surface area (Å²) in [5.41, 5.74) is 0.472. The van der Waals surface area contributed by atoms with Crippen LogP contribution in [0.3, 0.4) is 0 Å². The fraction of sp³-hybridized carbons (Fsp3) is 0.571. The zero-order valence-electron chi connectivity index (χ0n) is 10.3. The maximum Gasteiger partial charge on any atom is 0.127 e. The van der Waals surface area contributed by atoms with E-state index in [1.54, 1.807) is 0 Å². The van der Waals surface area contributed by atoms with Crippen LogP contribution in [0.5, 0.6) is 0 Å². The molecule has 0 aromatic heterocycles. The Morgan fingerprint density at radius 2 is 2.17 bits per heavy atom. The van der Waals surface area contributed by atoms with Gasteiger partial charge < -0.3 is 5.32 Å². The normalized spacial score (nSPS) is 28.3. The average molecular weight is 252 g/mol. The molecule has 0 bridgehead atoms. The highest BCUT2D eigenvalue weighted by Gasteiger charge is 2.32. The predicted octanol–water partition coefficient (Wildman–Crippen LogP) is 2.15. The first kappa shape index (κ1) is 12.1. The number of benzene rings is 1. The van der Waals surface area contributed by atoms with Gasteiger partial charge in [0.25, 0.3) is 0 Å². The summed E-state index contributed by atoms with van der Waals surface area (Å²) in [5.74, 6) is 0.0160. The van der Waals surface area contributed by atoms with E-state index in [2.05, 4.69) is 10.2 Å². The second kappa shape index (κ2) is 4.94. The van der Waals surface area contributed by atoms with Gasteiger partial charge in [0.1, 0.15) is 11.6 Å². The second-order valence-corrected chi connectivity index (χ2v) is 5.37. The zero-order chi connectivity index (χ0) is 12.5. The number of fused-ring (bicyclic) bond motifs is 1. The average Bonchev–Trinajstić information content (AvgIpc) is 2.81. The Balaban J connectivity index is 1.67. The molecule has 2 nitrogen and oxygen atoms in total. The molecule has 0 radical (unpaired) electrons. The highest BCUT2D eigenvalue weighted by Crippen LogP contribution is 2.26. The fourth-order valence-corrected chi connectivity index (χ4v) is 3.17. The number of halogens is 2. The van der Waals surface area contributed by atoms with Crippen LogP contribution >= 0.6 is 0 Å². The lowest BCUT2D eigenvalue weighted by molar-refractivity contribution is 0.154. The van der Waals surface area contributed by atoms with Crippen molar-refractivity contribution in [3.05, 3.63) is 35.4 Å². The van der Waals surface area contributed by atoms with Crippen molar-refractivity contribution in [1.29, 1.82) is 0 Å². The van der Waals surface area contributed by atoms with Gasteiger partial charge in [-0.3, -0.25) is 4.90 Å². The first-order valence-corrected chi connectivity index (χ1v) is 6.62. The molecule has 1 aromatic carbocycles. The van der Waals surface area contributed by atoms with Crippen LogP contribution in [0.2, 0.25) is 0 Å². The molecule has 1 N–H and O–H groups in total. The number of nitrogens with one attached hydrogen (secondary N) is 1. The summed E-state index contributed by atoms with van der Waals surface area (Å²) < 4.78 is 26.7. The molecule has 0 aliphatic carbocycles. The van der Waals surface area contributed by atoms with E-state index < -0.39 is 0 Å². The molecule has 2 fully saturated rings. The lowest BCUT2D eigenvalue weighted by Gasteiger charge is -2.34. The summed E-state index contributed by atoms with van der Waals surface area (Å²) >= 11 is 0. The minimum absolute atomic E-state index is 0.303. The SMILES string of the molecule is Fc1ccc(F)c(CN2CCC3NCCC3C2)c1. The van der Waals surface area contributed by atoms with Crippen molar-refractivity contribution in [3.63, 3.8) is 0 Å². The van der Waals surface area contributed by atoms with Gasteiger partial charge in [-0.1, -0.05) is 0 Å². The summed E-state index contributed by atoms with van der Waals surface area (Å²) in [5, 5.41) is 3.50. The van der Waals surface area contributed by atoms with Gasteiger partial charge in [-0.05, 0) is 50.0 Å². The van der Waals surface area contributed by atoms with Crippen LogP contribution in [-0.4, -0.2) is 30.6 Å². The maximum atomic E-state index is 13.6. The van der Waals surface area contributed by atoms with Gasteiger partial charge in [-0.15, -0.1) is 0 Å². The van der Waals surface area contributed by atoms with Gasteiger partial charge >= 0.3 is 0 Å². The summed E-state index contributed by atoms with van der Waals surface area (Å²) in [7, 11) is 0. The fourth-order valence-electron chi connectivity index (χ4n) is 3.17. The lowest BCUT2D eigenvalue weighted by atomic mass is 9.93. The van der Waals surface area contributed by atoms with E-state index in [1.807, 2.05) is 0 Å². The molecular weight excluding hydrogens is 234 g/mol. The quantitative estimate of drug-likeness (QED) is 0.867. The number of hydrogen-bond acceptors (Lipinski definition) is 2. The molecule has 1 aromatic rings. The number of piperidine rings is 1. The molecule has 0 amide bonds. The third kappa shape index (κ3) is 2.40. The largest absolute Gasteiger partial charge is 0.314 e. The van der Waals surface area contributed by atoms with Crippen molar-refractivity contribution in [2.24, 2.45) is 5.92 Å². The first-order valence-electron chi connectivity index (χ1n) is 6.62. The zero-order valence-corrected chi connectivity index (χ0v) is 10.3. The Labute approximate surface area is 106 Å². The Bertz CT molecular complexity index is 436. The third-order valence-electron chi connectivity index (χ3n) is 4.14. The van der Waals surface area contributed by atoms with Crippen molar-refractivity contribution in [2.45, 2.75) is 25.4 Å². The Kier molecular flexibility index (Phi) is 3.31. The van der Waals surface area contributed by atoms with Crippen LogP contribution in [0, 0.1) is 17.6 Å². The molecule has 98 valence electrons. The highest BCUT2D eigenvalue weighted by molar-refractivity contribution is 5.18. The van der Waals surface area contributed by atoms with E-state index in [-0.39, 0.29) is 11.6 Å². The molecule has 18 heavy (non-hydrogen) atoms. The molecule has 0 saturated carbocycles. The lowest BCUT2D eigenvalue weighted by Crippen LogP contribution is -2.44. The summed E-state index contributed by atoms with van der Waals surface area (Å²) in [6.45, 7) is 3.57. The predicted molar refractivity (Wildman–Crippen MR) is 66.1 cm³/mol. The van der Waals surface area contributed by atoms with E-state index in [9.17, 15) is 8.78 Å². The van der Waals surface area contributed by atoms with Gasteiger partial charge in [0, 0.05) is 24.7 Å². The van der Waals surface area contributed by atoms with E-state index in [4.69, 9.17) is 0 Å². The van der Waals surface area contributed by atoms with Crippen molar-refractivity contribution < 1.29 is 8.78 Å². The van der Waals surface area contributed by atoms with Crippen LogP contribution in [0.4, 0.5) is 8.78 Å². The van der Waals surface area contributed by atoms with E-state index in [1.165, 1.54) is 24.6 Å². The van der Waals surface area contributed by atoms with Crippen molar-refractivity contribution in [3.8, 4) is 0 Å². The minimum Gasteiger partial charge on any atom is -0.314 e. The highest BCUT2D eigenvalue weighted by atomic mass is 19.1. The van der Waals surface area contributed by atoms with E-state index in [0.717, 1.165) is 26.1 Å². The van der Waals surface area contributed by atoms with Gasteiger partial charge in [0.2, 0.25) is 0 Å². The monoisotopic (exact) mass is 252 g/mol. The number of rotatable bonds is 2. The standard InChI is InChI=1S/C14H18F2N2/c15-12-1-2-13(16)11(7-12)9-18-6-4-14-10(8-18)3-5-17-14/h1-2,7,10,14,17H,3-6,8-9H2. The molecule has 2 saturated heterocycles. The van der Waals surface area contributed by atoms with E-state index >= 15 is 0 Å². The molecule has 3 rings (SSSR count). The van der Waals surface area contributed by atoms with Gasteiger partial charge in [0.05, 0.1) is 0 Å². The molecule has 2 aliphatic rings. The van der Waals surface area contributed by atoms with Crippen molar-refractivity contribution in [1.82, 2.24) is 10.2 Å². The summed E-state index contributed by atoms with van der Waals surface area (Å²) in [4.78, 5) is 2.24. The molecule has 2 unspecified atom stereocenters. The van der Waals surface area contributed by atoms with Crippen LogP contribution in [0.1, 0.15) is 18.4 Å². The van der Waals surface area contributed by atoms with Crippen molar-refractivity contribution in [2.75, 3.05) is 19.6 Å². The topological polar surface area (TPSA) is 15.3 Å². The molecule has 2 aliphatic heterocycles. The summed E-state index contributed by atoms with van der Waals surface area (Å²) in [6.07, 6.45) is 2.31. The summed E-state index contributed by atoms with van der Waals surface area (Å²) in [6, 6.07) is 4.34. The van der Waals surface area contributed by atoms with Crippen LogP contribution in [0.15, 0.2) is 18.2 Å². The smallest absolute Gasteiger partial charge is 0.127 e. The second-order valence-electron chi connectivity index (χ2n) is 5.37. The van der Waals surface area contributed by atoms with Gasteiger partial charge in [-0.25, -0.2) is 8.78 Å². The molecule has 2 atom stereocenters. The molecule has 2 heterocycles. The number of hydrogen-bond donors (Lipinski definition) is 1. The maximum absolute atomic E-state index is 13.6. The van der Waals surface area contributed by atoms with Crippen molar-refractivity contribution >= 4 is 0 Å². The molecule has 0 spiro atoms. The van der Waals surface area contributed by atoms with Crippen LogP contribution < -0.4 is 5.32 Å². The Hall–Kier alpha value is -1.00. The van der Waals surface area contributed by atoms with Gasteiger partial charge in [0.15, 0.2) is 0 Å². The Morgan fingerprint density at radius 3 is 3.06 bits per heavy atom. The molecular formula is C14H18F2N2. The first-order chi connectivity index (χ1) is 8.72. The van der Waals surface area contributed by atoms with Crippen LogP contribution in [0.25, 0.3) is 0 Å². The number of nitrogens with zero attached hydrogens (tertiary/aromatic N) is 1. The number of likely N-dealkylation sites (tertiary alicyclic amines) is 1. The Morgan fingerprint density at radius 1 is 1.28 bits per heavy atom. The van der Waals surface area contributed by atoms with Gasteiger partial charge in [-0.2, -0.15) is 0 Å². The minimum atomic E-state index is -0.358.